The Morgan fingerprint density at radius 1 is 1.32 bits per heavy atom. The molecule has 2 rings (SSSR count). The first-order valence-electron chi connectivity index (χ1n) is 6.82. The lowest BCUT2D eigenvalue weighted by Gasteiger charge is -2.24. The third-order valence-electron chi connectivity index (χ3n) is 2.97. The quantitative estimate of drug-likeness (QED) is 0.791. The van der Waals surface area contributed by atoms with E-state index in [1.165, 1.54) is 0 Å². The zero-order valence-corrected chi connectivity index (χ0v) is 13.2. The third-order valence-corrected chi connectivity index (χ3v) is 3.20. The molecule has 2 aromatic rings. The second-order valence-electron chi connectivity index (χ2n) is 5.56. The largest absolute Gasteiger partial charge is 0.394 e. The number of pyridine rings is 1. The summed E-state index contributed by atoms with van der Waals surface area (Å²) in [5, 5.41) is 15.6. The van der Waals surface area contributed by atoms with Gasteiger partial charge in [-0.05, 0) is 44.2 Å². The molecule has 116 valence electrons. The molecule has 0 spiro atoms. The average molecular weight is 320 g/mol. The summed E-state index contributed by atoms with van der Waals surface area (Å²) in [7, 11) is 0. The highest BCUT2D eigenvalue weighted by Gasteiger charge is 2.16. The maximum atomic E-state index is 12.1. The van der Waals surface area contributed by atoms with Crippen molar-refractivity contribution < 1.29 is 9.90 Å². The van der Waals surface area contributed by atoms with E-state index in [1.807, 2.05) is 13.8 Å². The molecule has 5 nitrogen and oxygen atoms in total. The van der Waals surface area contributed by atoms with E-state index in [1.54, 1.807) is 42.6 Å². The second-order valence-corrected chi connectivity index (χ2v) is 6.00. The summed E-state index contributed by atoms with van der Waals surface area (Å²) in [4.78, 5) is 16.3. The minimum atomic E-state index is -0.460. The van der Waals surface area contributed by atoms with E-state index < -0.39 is 5.54 Å². The molecule has 0 saturated heterocycles. The number of aliphatic hydroxyl groups excluding tert-OH is 1. The number of nitrogens with zero attached hydrogens (tertiary/aromatic N) is 1. The van der Waals surface area contributed by atoms with Crippen molar-refractivity contribution in [1.82, 2.24) is 4.98 Å². The van der Waals surface area contributed by atoms with Crippen LogP contribution in [0.3, 0.4) is 0 Å². The third kappa shape index (κ3) is 4.44. The number of carbonyl (C=O) groups is 1. The maximum Gasteiger partial charge on any atom is 0.255 e. The number of carbonyl (C=O) groups excluding carboxylic acids is 1. The topological polar surface area (TPSA) is 74.2 Å². The fourth-order valence-corrected chi connectivity index (χ4v) is 1.95. The molecule has 22 heavy (non-hydrogen) atoms. The molecule has 0 unspecified atom stereocenters. The molecular weight excluding hydrogens is 302 g/mol. The van der Waals surface area contributed by atoms with Gasteiger partial charge >= 0.3 is 0 Å². The van der Waals surface area contributed by atoms with E-state index in [-0.39, 0.29) is 12.5 Å². The summed E-state index contributed by atoms with van der Waals surface area (Å²) in [6.45, 7) is 3.72. The Hall–Kier alpha value is -2.11. The molecule has 0 fully saturated rings. The van der Waals surface area contributed by atoms with Crippen molar-refractivity contribution in [3.63, 3.8) is 0 Å². The first-order chi connectivity index (χ1) is 10.4. The van der Waals surface area contributed by atoms with Crippen LogP contribution in [0.2, 0.25) is 5.02 Å². The lowest BCUT2D eigenvalue weighted by Crippen LogP contribution is -2.35. The number of hydrogen-bond acceptors (Lipinski definition) is 4. The van der Waals surface area contributed by atoms with Gasteiger partial charge < -0.3 is 15.7 Å². The summed E-state index contributed by atoms with van der Waals surface area (Å²) < 4.78 is 0. The molecule has 0 aliphatic heterocycles. The average Bonchev–Trinajstić information content (AvgIpc) is 2.49. The van der Waals surface area contributed by atoms with Crippen LogP contribution in [0.1, 0.15) is 24.2 Å². The van der Waals surface area contributed by atoms with Gasteiger partial charge in [0, 0.05) is 10.6 Å². The van der Waals surface area contributed by atoms with Gasteiger partial charge in [-0.25, -0.2) is 4.98 Å². The Kier molecular flexibility index (Phi) is 5.00. The van der Waals surface area contributed by atoms with Crippen LogP contribution in [0.25, 0.3) is 0 Å². The Morgan fingerprint density at radius 3 is 2.68 bits per heavy atom. The summed E-state index contributed by atoms with van der Waals surface area (Å²) in [5.41, 5.74) is 0.604. The molecule has 1 aromatic carbocycles. The number of amides is 1. The van der Waals surface area contributed by atoms with Crippen LogP contribution in [0, 0.1) is 0 Å². The number of anilines is 2. The molecule has 0 saturated carbocycles. The number of halogens is 1. The van der Waals surface area contributed by atoms with Crippen LogP contribution in [-0.2, 0) is 0 Å². The Labute approximate surface area is 134 Å². The molecule has 0 atom stereocenters. The molecule has 0 bridgehead atoms. The number of hydrogen-bond donors (Lipinski definition) is 3. The summed E-state index contributed by atoms with van der Waals surface area (Å²) >= 11 is 5.87. The zero-order valence-electron chi connectivity index (χ0n) is 12.4. The molecule has 1 heterocycles. The first-order valence-corrected chi connectivity index (χ1v) is 7.19. The predicted octanol–water partition coefficient (Wildman–Crippen LogP) is 3.17. The van der Waals surface area contributed by atoms with Gasteiger partial charge in [0.05, 0.1) is 24.0 Å². The van der Waals surface area contributed by atoms with Gasteiger partial charge in [0.15, 0.2) is 0 Å². The second kappa shape index (κ2) is 6.77. The fraction of sp³-hybridized carbons (Fsp3) is 0.250. The molecule has 6 heteroatoms. The van der Waals surface area contributed by atoms with Crippen LogP contribution in [-0.4, -0.2) is 28.1 Å². The first kappa shape index (κ1) is 16.3. The summed E-state index contributed by atoms with van der Waals surface area (Å²) in [6, 6.07) is 10.2. The SMILES string of the molecule is CC(C)(CO)Nc1ccc(NC(=O)c2cccc(Cl)c2)cn1. The highest BCUT2D eigenvalue weighted by Crippen LogP contribution is 2.16. The molecule has 3 N–H and O–H groups in total. The van der Waals surface area contributed by atoms with Crippen LogP contribution in [0.15, 0.2) is 42.6 Å². The van der Waals surface area contributed by atoms with Crippen LogP contribution in [0.4, 0.5) is 11.5 Å². The molecule has 0 aliphatic rings. The van der Waals surface area contributed by atoms with Crippen LogP contribution < -0.4 is 10.6 Å². The highest BCUT2D eigenvalue weighted by molar-refractivity contribution is 6.31. The van der Waals surface area contributed by atoms with Crippen molar-refractivity contribution in [2.45, 2.75) is 19.4 Å². The number of benzene rings is 1. The van der Waals surface area contributed by atoms with Crippen molar-refractivity contribution in [3.05, 3.63) is 53.2 Å². The summed E-state index contributed by atoms with van der Waals surface area (Å²) in [5.74, 6) is 0.375. The molecule has 1 amide bonds. The van der Waals surface area contributed by atoms with E-state index in [0.29, 0.717) is 22.1 Å². The van der Waals surface area contributed by atoms with Gasteiger partial charge in [-0.15, -0.1) is 0 Å². The van der Waals surface area contributed by atoms with Crippen molar-refractivity contribution in [2.24, 2.45) is 0 Å². The van der Waals surface area contributed by atoms with E-state index >= 15 is 0 Å². The van der Waals surface area contributed by atoms with Crippen molar-refractivity contribution in [3.8, 4) is 0 Å². The van der Waals surface area contributed by atoms with Crippen molar-refractivity contribution in [2.75, 3.05) is 17.2 Å². The lowest BCUT2D eigenvalue weighted by atomic mass is 10.1. The van der Waals surface area contributed by atoms with Crippen molar-refractivity contribution in [1.29, 1.82) is 0 Å². The monoisotopic (exact) mass is 319 g/mol. The number of aliphatic hydroxyl groups is 1. The fourth-order valence-electron chi connectivity index (χ4n) is 1.76. The van der Waals surface area contributed by atoms with E-state index in [0.717, 1.165) is 0 Å². The molecule has 1 aromatic heterocycles. The maximum absolute atomic E-state index is 12.1. The molecule has 0 radical (unpaired) electrons. The van der Waals surface area contributed by atoms with E-state index in [2.05, 4.69) is 15.6 Å². The summed E-state index contributed by atoms with van der Waals surface area (Å²) in [6.07, 6.45) is 1.55. The van der Waals surface area contributed by atoms with Gasteiger partial charge in [-0.3, -0.25) is 4.79 Å². The Morgan fingerprint density at radius 2 is 2.09 bits per heavy atom. The predicted molar refractivity (Wildman–Crippen MR) is 88.4 cm³/mol. The highest BCUT2D eigenvalue weighted by atomic mass is 35.5. The van der Waals surface area contributed by atoms with E-state index in [4.69, 9.17) is 11.6 Å². The van der Waals surface area contributed by atoms with Gasteiger partial charge in [-0.2, -0.15) is 0 Å². The molecular formula is C16H18ClN3O2. The van der Waals surface area contributed by atoms with Gasteiger partial charge in [-0.1, -0.05) is 17.7 Å². The van der Waals surface area contributed by atoms with E-state index in [9.17, 15) is 9.90 Å². The van der Waals surface area contributed by atoms with Gasteiger partial charge in [0.25, 0.3) is 5.91 Å². The standard InChI is InChI=1S/C16H18ClN3O2/c1-16(2,10-21)20-14-7-6-13(9-18-14)19-15(22)11-4-3-5-12(17)8-11/h3-9,21H,10H2,1-2H3,(H,18,20)(H,19,22). The lowest BCUT2D eigenvalue weighted by molar-refractivity contribution is 0.102. The van der Waals surface area contributed by atoms with Gasteiger partial charge in [0.2, 0.25) is 0 Å². The minimum absolute atomic E-state index is 0.0120. The number of rotatable bonds is 5. The number of nitrogens with one attached hydrogen (secondary N) is 2. The van der Waals surface area contributed by atoms with Crippen LogP contribution in [0.5, 0.6) is 0 Å². The van der Waals surface area contributed by atoms with Gasteiger partial charge in [0.1, 0.15) is 5.82 Å². The minimum Gasteiger partial charge on any atom is -0.394 e. The van der Waals surface area contributed by atoms with Crippen LogP contribution >= 0.6 is 11.6 Å². The number of aromatic nitrogens is 1. The molecule has 0 aliphatic carbocycles. The smallest absolute Gasteiger partial charge is 0.255 e. The van der Waals surface area contributed by atoms with Crippen molar-refractivity contribution >= 4 is 29.0 Å². The Balaban J connectivity index is 2.04. The zero-order chi connectivity index (χ0) is 16.2. The normalized spacial score (nSPS) is 11.1. The Bertz CT molecular complexity index is 657.